The van der Waals surface area contributed by atoms with Gasteiger partial charge < -0.3 is 4.74 Å². The Bertz CT molecular complexity index is 878. The second kappa shape index (κ2) is 7.06. The fourth-order valence-electron chi connectivity index (χ4n) is 2.07. The number of rotatable bonds is 5. The molecule has 0 N–H and O–H groups in total. The van der Waals surface area contributed by atoms with Gasteiger partial charge in [-0.15, -0.1) is 0 Å². The van der Waals surface area contributed by atoms with Crippen molar-refractivity contribution in [2.75, 3.05) is 13.4 Å². The van der Waals surface area contributed by atoms with E-state index in [9.17, 15) is 22.0 Å². The molecule has 24 heavy (non-hydrogen) atoms. The van der Waals surface area contributed by atoms with Gasteiger partial charge in [0.15, 0.2) is 0 Å². The van der Waals surface area contributed by atoms with Crippen LogP contribution in [0.4, 0.5) is 8.78 Å². The Kier molecular flexibility index (Phi) is 5.30. The van der Waals surface area contributed by atoms with Crippen molar-refractivity contribution < 1.29 is 30.9 Å². The lowest BCUT2D eigenvalue weighted by Crippen LogP contribution is -2.06. The van der Waals surface area contributed by atoms with Crippen LogP contribution in [0, 0.1) is 11.6 Å². The Hall–Kier alpha value is -2.32. The van der Waals surface area contributed by atoms with Crippen LogP contribution in [0.3, 0.4) is 0 Å². The van der Waals surface area contributed by atoms with Crippen LogP contribution < -0.4 is 0 Å². The molecule has 0 heterocycles. The third-order valence-corrected chi connectivity index (χ3v) is 3.64. The summed E-state index contributed by atoms with van der Waals surface area (Å²) in [5.41, 5.74) is 0.734. The first kappa shape index (κ1) is 18.0. The molecular weight excluding hydrogens is 342 g/mol. The van der Waals surface area contributed by atoms with Gasteiger partial charge in [-0.25, -0.2) is 13.6 Å². The number of carbonyl (C=O) groups excluding carboxylic acids is 1. The maximum absolute atomic E-state index is 14.0. The number of hydrogen-bond acceptors (Lipinski definition) is 5. The molecule has 0 radical (unpaired) electrons. The zero-order valence-corrected chi connectivity index (χ0v) is 13.7. The summed E-state index contributed by atoms with van der Waals surface area (Å²) in [6.07, 6.45) is 0.887. The van der Waals surface area contributed by atoms with E-state index in [1.54, 1.807) is 0 Å². The van der Waals surface area contributed by atoms with Gasteiger partial charge in [0.05, 0.1) is 25.5 Å². The first-order valence-electron chi connectivity index (χ1n) is 6.72. The summed E-state index contributed by atoms with van der Waals surface area (Å²) >= 11 is 0. The van der Waals surface area contributed by atoms with E-state index in [2.05, 4.69) is 4.74 Å². The molecule has 0 saturated heterocycles. The topological polar surface area (TPSA) is 69.7 Å². The second-order valence-corrected chi connectivity index (χ2v) is 6.64. The van der Waals surface area contributed by atoms with E-state index in [1.807, 2.05) is 0 Å². The molecule has 0 amide bonds. The molecule has 0 aliphatic rings. The van der Waals surface area contributed by atoms with Gasteiger partial charge >= 0.3 is 5.97 Å². The second-order valence-electron chi connectivity index (χ2n) is 5.00. The third kappa shape index (κ3) is 4.59. The minimum absolute atomic E-state index is 0.0581. The van der Waals surface area contributed by atoms with Crippen LogP contribution in [0.2, 0.25) is 0 Å². The van der Waals surface area contributed by atoms with Gasteiger partial charge in [0.1, 0.15) is 11.6 Å². The van der Waals surface area contributed by atoms with Crippen molar-refractivity contribution in [3.8, 4) is 11.1 Å². The van der Waals surface area contributed by atoms with Crippen LogP contribution in [-0.2, 0) is 25.6 Å². The highest BCUT2D eigenvalue weighted by molar-refractivity contribution is 7.85. The summed E-state index contributed by atoms with van der Waals surface area (Å²) in [6, 6.07) is 7.22. The van der Waals surface area contributed by atoms with Gasteiger partial charge in [0.25, 0.3) is 10.1 Å². The van der Waals surface area contributed by atoms with Gasteiger partial charge in [-0.1, -0.05) is 0 Å². The average molecular weight is 356 g/mol. The van der Waals surface area contributed by atoms with Crippen LogP contribution >= 0.6 is 0 Å². The number of benzene rings is 2. The van der Waals surface area contributed by atoms with Crippen LogP contribution in [0.1, 0.15) is 15.9 Å². The largest absolute Gasteiger partial charge is 0.465 e. The van der Waals surface area contributed by atoms with Crippen LogP contribution in [-0.4, -0.2) is 27.8 Å². The Balaban J connectivity index is 2.51. The summed E-state index contributed by atoms with van der Waals surface area (Å²) in [5.74, 6) is -2.23. The minimum atomic E-state index is -3.69. The van der Waals surface area contributed by atoms with Crippen molar-refractivity contribution in [2.45, 2.75) is 6.61 Å². The highest BCUT2D eigenvalue weighted by Crippen LogP contribution is 2.26. The van der Waals surface area contributed by atoms with Crippen molar-refractivity contribution in [2.24, 2.45) is 0 Å². The first-order valence-corrected chi connectivity index (χ1v) is 8.53. The van der Waals surface area contributed by atoms with Crippen molar-refractivity contribution in [1.82, 2.24) is 0 Å². The number of halogens is 2. The number of esters is 1. The monoisotopic (exact) mass is 356 g/mol. The maximum atomic E-state index is 14.0. The lowest BCUT2D eigenvalue weighted by atomic mass is 9.99. The van der Waals surface area contributed by atoms with Crippen LogP contribution in [0.15, 0.2) is 36.4 Å². The van der Waals surface area contributed by atoms with E-state index in [0.29, 0.717) is 11.6 Å². The fraction of sp³-hybridized carbons (Fsp3) is 0.188. The Morgan fingerprint density at radius 3 is 2.42 bits per heavy atom. The van der Waals surface area contributed by atoms with Crippen molar-refractivity contribution >= 4 is 16.1 Å². The minimum Gasteiger partial charge on any atom is -0.465 e. The molecule has 0 spiro atoms. The van der Waals surface area contributed by atoms with E-state index in [-0.39, 0.29) is 23.3 Å². The number of methoxy groups -OCH3 is 1. The number of hydrogen-bond donors (Lipinski definition) is 0. The zero-order valence-electron chi connectivity index (χ0n) is 12.9. The molecule has 0 aliphatic carbocycles. The van der Waals surface area contributed by atoms with Gasteiger partial charge in [0.2, 0.25) is 0 Å². The molecule has 0 unspecified atom stereocenters. The van der Waals surface area contributed by atoms with Gasteiger partial charge in [-0.3, -0.25) is 4.18 Å². The average Bonchev–Trinajstić information content (AvgIpc) is 2.51. The Morgan fingerprint density at radius 1 is 1.12 bits per heavy atom. The Labute approximate surface area is 138 Å². The quantitative estimate of drug-likeness (QED) is 0.609. The van der Waals surface area contributed by atoms with Crippen LogP contribution in [0.25, 0.3) is 11.1 Å². The molecule has 8 heteroatoms. The molecule has 0 aromatic heterocycles. The van der Waals surface area contributed by atoms with E-state index < -0.39 is 27.7 Å². The predicted octanol–water partition coefficient (Wildman–Crippen LogP) is 2.89. The highest BCUT2D eigenvalue weighted by Gasteiger charge is 2.14. The zero-order chi connectivity index (χ0) is 17.9. The van der Waals surface area contributed by atoms with Gasteiger partial charge in [-0.05, 0) is 41.5 Å². The summed E-state index contributed by atoms with van der Waals surface area (Å²) in [5, 5.41) is 0. The molecule has 0 atom stereocenters. The highest BCUT2D eigenvalue weighted by atomic mass is 32.2. The lowest BCUT2D eigenvalue weighted by molar-refractivity contribution is 0.0600. The van der Waals surface area contributed by atoms with E-state index in [0.717, 1.165) is 12.3 Å². The number of carbonyl (C=O) groups is 1. The third-order valence-electron chi connectivity index (χ3n) is 3.10. The molecule has 2 aromatic carbocycles. The smallest absolute Gasteiger partial charge is 0.337 e. The lowest BCUT2D eigenvalue weighted by Gasteiger charge is -2.10. The van der Waals surface area contributed by atoms with E-state index in [1.165, 1.54) is 31.4 Å². The fourth-order valence-corrected chi connectivity index (χ4v) is 2.42. The summed E-state index contributed by atoms with van der Waals surface area (Å²) in [7, 11) is -2.51. The predicted molar refractivity (Wildman–Crippen MR) is 82.8 cm³/mol. The first-order chi connectivity index (χ1) is 11.2. The van der Waals surface area contributed by atoms with Crippen molar-refractivity contribution in [3.05, 3.63) is 59.2 Å². The number of ether oxygens (including phenoxy) is 1. The molecule has 2 rings (SSSR count). The Morgan fingerprint density at radius 2 is 1.83 bits per heavy atom. The van der Waals surface area contributed by atoms with Crippen molar-refractivity contribution in [3.63, 3.8) is 0 Å². The van der Waals surface area contributed by atoms with E-state index in [4.69, 9.17) is 4.18 Å². The normalized spacial score (nSPS) is 11.3. The molecule has 128 valence electrons. The molecule has 0 fully saturated rings. The molecular formula is C16H14F2O5S. The summed E-state index contributed by atoms with van der Waals surface area (Å²) in [6.45, 7) is -0.334. The molecule has 0 aliphatic heterocycles. The SMILES string of the molecule is COC(=O)c1cc(COS(C)(=O)=O)cc(-c2ccc(F)cc2F)c1. The van der Waals surface area contributed by atoms with Crippen LogP contribution in [0.5, 0.6) is 0 Å². The van der Waals surface area contributed by atoms with E-state index >= 15 is 0 Å². The van der Waals surface area contributed by atoms with Crippen molar-refractivity contribution in [1.29, 1.82) is 0 Å². The molecule has 5 nitrogen and oxygen atoms in total. The summed E-state index contributed by atoms with van der Waals surface area (Å²) < 4.78 is 58.6. The maximum Gasteiger partial charge on any atom is 0.337 e. The molecule has 0 saturated carbocycles. The van der Waals surface area contributed by atoms with Gasteiger partial charge in [-0.2, -0.15) is 8.42 Å². The summed E-state index contributed by atoms with van der Waals surface area (Å²) in [4.78, 5) is 11.8. The molecule has 0 bridgehead atoms. The molecule has 2 aromatic rings. The van der Waals surface area contributed by atoms with Gasteiger partial charge in [0, 0.05) is 11.6 Å². The standard InChI is InChI=1S/C16H14F2O5S/c1-22-16(19)12-6-10(9-23-24(2,20)21)5-11(7-12)14-4-3-13(17)8-15(14)18/h3-8H,9H2,1-2H3.